The second-order valence-corrected chi connectivity index (χ2v) is 2.97. The summed E-state index contributed by atoms with van der Waals surface area (Å²) in [6.07, 6.45) is 1.26. The summed E-state index contributed by atoms with van der Waals surface area (Å²) in [4.78, 5) is 10.6. The van der Waals surface area contributed by atoms with Crippen LogP contribution in [0, 0.1) is 5.92 Å². The number of alkyl halides is 1. The van der Waals surface area contributed by atoms with Gasteiger partial charge in [0.25, 0.3) is 0 Å². The van der Waals surface area contributed by atoms with Gasteiger partial charge in [-0.1, -0.05) is 0 Å². The minimum atomic E-state index is -1.33. The van der Waals surface area contributed by atoms with Crippen LogP contribution in [0.2, 0.25) is 0 Å². The Labute approximate surface area is 58.4 Å². The predicted molar refractivity (Wildman–Crippen MR) is 32.1 cm³/mol. The highest BCUT2D eigenvalue weighted by atomic mass is 19.1. The van der Waals surface area contributed by atoms with Crippen LogP contribution in [0.25, 0.3) is 0 Å². The van der Waals surface area contributed by atoms with Crippen molar-refractivity contribution in [3.05, 3.63) is 0 Å². The molecule has 0 aromatic rings. The molecule has 2 aliphatic rings. The lowest BCUT2D eigenvalue weighted by atomic mass is 10.0. The van der Waals surface area contributed by atoms with Crippen molar-refractivity contribution in [3.63, 3.8) is 0 Å². The minimum Gasteiger partial charge on any atom is -0.460 e. The van der Waals surface area contributed by atoms with Crippen LogP contribution in [0.1, 0.15) is 19.3 Å². The lowest BCUT2D eigenvalue weighted by Crippen LogP contribution is -2.16. The molecule has 3 heteroatoms. The van der Waals surface area contributed by atoms with Crippen molar-refractivity contribution in [2.24, 2.45) is 5.92 Å². The predicted octanol–water partition coefficient (Wildman–Crippen LogP) is 1.05. The molecule has 1 saturated heterocycles. The zero-order valence-corrected chi connectivity index (χ0v) is 5.55. The Kier molecular flexibility index (Phi) is 1.19. The van der Waals surface area contributed by atoms with Crippen LogP contribution in [0.5, 0.6) is 0 Å². The molecule has 3 unspecified atom stereocenters. The summed E-state index contributed by atoms with van der Waals surface area (Å²) in [5, 5.41) is 0. The van der Waals surface area contributed by atoms with E-state index in [1.807, 2.05) is 0 Å². The molecule has 0 radical (unpaired) electrons. The number of carbonyl (C=O) groups excluding carboxylic acids is 1. The number of ether oxygens (including phenoxy) is 1. The van der Waals surface area contributed by atoms with Gasteiger partial charge in [0.15, 0.2) is 0 Å². The molecule has 0 bridgehead atoms. The Morgan fingerprint density at radius 3 is 3.00 bits per heavy atom. The molecule has 10 heavy (non-hydrogen) atoms. The Hall–Kier alpha value is -0.600. The maximum absolute atomic E-state index is 12.8. The van der Waals surface area contributed by atoms with Crippen LogP contribution in [-0.4, -0.2) is 18.2 Å². The van der Waals surface area contributed by atoms with Gasteiger partial charge in [-0.3, -0.25) is 0 Å². The first-order valence-corrected chi connectivity index (χ1v) is 3.63. The molecule has 1 aliphatic heterocycles. The van der Waals surface area contributed by atoms with Crippen LogP contribution in [-0.2, 0) is 9.53 Å². The molecule has 2 fully saturated rings. The van der Waals surface area contributed by atoms with Crippen LogP contribution < -0.4 is 0 Å². The number of esters is 1. The second-order valence-electron chi connectivity index (χ2n) is 2.97. The molecule has 3 atom stereocenters. The standard InChI is InChI=1S/C7H9FO2/c8-6-4-2-1-3-5(4)10-7(6)9/h4-6H,1-3H2. The monoisotopic (exact) mass is 144 g/mol. The highest BCUT2D eigenvalue weighted by Crippen LogP contribution is 2.37. The van der Waals surface area contributed by atoms with Gasteiger partial charge in [-0.25, -0.2) is 9.18 Å². The van der Waals surface area contributed by atoms with Crippen molar-refractivity contribution >= 4 is 5.97 Å². The smallest absolute Gasteiger partial charge is 0.341 e. The van der Waals surface area contributed by atoms with Gasteiger partial charge < -0.3 is 4.74 Å². The number of hydrogen-bond acceptors (Lipinski definition) is 2. The van der Waals surface area contributed by atoms with E-state index < -0.39 is 12.1 Å². The minimum absolute atomic E-state index is 0.0949. The third kappa shape index (κ3) is 0.662. The van der Waals surface area contributed by atoms with Crippen molar-refractivity contribution in [1.82, 2.24) is 0 Å². The van der Waals surface area contributed by atoms with E-state index >= 15 is 0 Å². The van der Waals surface area contributed by atoms with Gasteiger partial charge in [0.1, 0.15) is 6.10 Å². The van der Waals surface area contributed by atoms with E-state index in [9.17, 15) is 9.18 Å². The zero-order valence-electron chi connectivity index (χ0n) is 5.55. The van der Waals surface area contributed by atoms with Gasteiger partial charge >= 0.3 is 5.97 Å². The van der Waals surface area contributed by atoms with Crippen molar-refractivity contribution in [1.29, 1.82) is 0 Å². The lowest BCUT2D eigenvalue weighted by molar-refractivity contribution is -0.145. The Balaban J connectivity index is 2.16. The molecule has 0 N–H and O–H groups in total. The average Bonchev–Trinajstić information content (AvgIpc) is 2.41. The van der Waals surface area contributed by atoms with Gasteiger partial charge in [-0.15, -0.1) is 0 Å². The SMILES string of the molecule is O=C1OC2CCCC2C1F. The van der Waals surface area contributed by atoms with Gasteiger partial charge in [0.05, 0.1) is 0 Å². The molecule has 0 amide bonds. The van der Waals surface area contributed by atoms with Gasteiger partial charge in [0.2, 0.25) is 6.17 Å². The highest BCUT2D eigenvalue weighted by molar-refractivity contribution is 5.77. The summed E-state index contributed by atoms with van der Waals surface area (Å²) < 4.78 is 17.6. The molecule has 0 spiro atoms. The summed E-state index contributed by atoms with van der Waals surface area (Å²) in [5.74, 6) is -0.762. The summed E-state index contributed by atoms with van der Waals surface area (Å²) in [7, 11) is 0. The van der Waals surface area contributed by atoms with E-state index in [1.165, 1.54) is 0 Å². The molecule has 56 valence electrons. The third-order valence-corrected chi connectivity index (χ3v) is 2.37. The third-order valence-electron chi connectivity index (χ3n) is 2.37. The van der Waals surface area contributed by atoms with Crippen LogP contribution >= 0.6 is 0 Å². The molecule has 2 rings (SSSR count). The molecular weight excluding hydrogens is 135 g/mol. The van der Waals surface area contributed by atoms with Crippen LogP contribution in [0.15, 0.2) is 0 Å². The van der Waals surface area contributed by atoms with Crippen molar-refractivity contribution in [3.8, 4) is 0 Å². The van der Waals surface area contributed by atoms with Crippen LogP contribution in [0.3, 0.4) is 0 Å². The average molecular weight is 144 g/mol. The fourth-order valence-corrected chi connectivity index (χ4v) is 1.82. The number of halogens is 1. The summed E-state index contributed by atoms with van der Waals surface area (Å²) in [6.45, 7) is 0. The molecule has 1 heterocycles. The van der Waals surface area contributed by atoms with E-state index in [-0.39, 0.29) is 12.0 Å². The lowest BCUT2D eigenvalue weighted by Gasteiger charge is -2.04. The fourth-order valence-electron chi connectivity index (χ4n) is 1.82. The molecule has 1 saturated carbocycles. The van der Waals surface area contributed by atoms with Gasteiger partial charge in [-0.2, -0.15) is 0 Å². The Bertz CT molecular complexity index is 169. The first-order chi connectivity index (χ1) is 4.79. The fraction of sp³-hybridized carbons (Fsp3) is 0.857. The largest absolute Gasteiger partial charge is 0.460 e. The summed E-state index contributed by atoms with van der Waals surface area (Å²) in [6, 6.07) is 0. The Morgan fingerprint density at radius 1 is 1.50 bits per heavy atom. The molecule has 0 aromatic heterocycles. The number of hydrogen-bond donors (Lipinski definition) is 0. The topological polar surface area (TPSA) is 26.3 Å². The summed E-state index contributed by atoms with van der Waals surface area (Å²) in [5.41, 5.74) is 0. The summed E-state index contributed by atoms with van der Waals surface area (Å²) >= 11 is 0. The highest BCUT2D eigenvalue weighted by Gasteiger charge is 2.47. The van der Waals surface area contributed by atoms with Crippen molar-refractivity contribution < 1.29 is 13.9 Å². The first-order valence-electron chi connectivity index (χ1n) is 3.63. The number of carbonyl (C=O) groups is 1. The maximum Gasteiger partial charge on any atom is 0.341 e. The quantitative estimate of drug-likeness (QED) is 0.475. The zero-order chi connectivity index (χ0) is 7.14. The number of rotatable bonds is 0. The first kappa shape index (κ1) is 6.13. The van der Waals surface area contributed by atoms with E-state index in [0.29, 0.717) is 0 Å². The van der Waals surface area contributed by atoms with E-state index in [2.05, 4.69) is 0 Å². The molecular formula is C7H9FO2. The molecule has 2 nitrogen and oxygen atoms in total. The van der Waals surface area contributed by atoms with Crippen LogP contribution in [0.4, 0.5) is 4.39 Å². The van der Waals surface area contributed by atoms with Crippen molar-refractivity contribution in [2.45, 2.75) is 31.5 Å². The van der Waals surface area contributed by atoms with Gasteiger partial charge in [0, 0.05) is 5.92 Å². The number of fused-ring (bicyclic) bond motifs is 1. The molecule has 1 aliphatic carbocycles. The molecule has 0 aromatic carbocycles. The van der Waals surface area contributed by atoms with E-state index in [0.717, 1.165) is 19.3 Å². The Morgan fingerprint density at radius 2 is 2.30 bits per heavy atom. The van der Waals surface area contributed by atoms with E-state index in [1.54, 1.807) is 0 Å². The van der Waals surface area contributed by atoms with E-state index in [4.69, 9.17) is 4.74 Å². The normalized spacial score (nSPS) is 45.3. The van der Waals surface area contributed by atoms with Crippen molar-refractivity contribution in [2.75, 3.05) is 0 Å². The maximum atomic E-state index is 12.8. The second kappa shape index (κ2) is 1.94. The van der Waals surface area contributed by atoms with Gasteiger partial charge in [-0.05, 0) is 19.3 Å².